The molecule has 0 unspecified atom stereocenters. The normalized spacial score (nSPS) is 18.4. The third kappa shape index (κ3) is 1.85. The lowest BCUT2D eigenvalue weighted by Crippen LogP contribution is -2.65. The van der Waals surface area contributed by atoms with Gasteiger partial charge in [-0.05, 0) is 18.1 Å². The van der Waals surface area contributed by atoms with Crippen molar-refractivity contribution in [3.8, 4) is 5.75 Å². The Morgan fingerprint density at radius 1 is 1.44 bits per heavy atom. The average Bonchev–Trinajstić information content (AvgIpc) is 2.25. The molecule has 2 heterocycles. The molecule has 0 spiro atoms. The molecule has 0 saturated carbocycles. The molecule has 16 heavy (non-hydrogen) atoms. The molecule has 1 aromatic rings. The van der Waals surface area contributed by atoms with Crippen molar-refractivity contribution < 1.29 is 9.84 Å². The van der Waals surface area contributed by atoms with Gasteiger partial charge in [-0.25, -0.2) is 4.98 Å². The van der Waals surface area contributed by atoms with Gasteiger partial charge < -0.3 is 14.7 Å². The van der Waals surface area contributed by atoms with Gasteiger partial charge in [-0.1, -0.05) is 13.8 Å². The zero-order chi connectivity index (χ0) is 11.8. The third-order valence-corrected chi connectivity index (χ3v) is 3.28. The second kappa shape index (κ2) is 3.94. The van der Waals surface area contributed by atoms with Crippen LogP contribution in [0.15, 0.2) is 18.3 Å². The number of hydrogen-bond acceptors (Lipinski definition) is 4. The fourth-order valence-corrected chi connectivity index (χ4v) is 1.82. The number of pyridine rings is 1. The van der Waals surface area contributed by atoms with Crippen LogP contribution in [0.2, 0.25) is 0 Å². The first kappa shape index (κ1) is 11.2. The van der Waals surface area contributed by atoms with E-state index in [1.54, 1.807) is 13.3 Å². The summed E-state index contributed by atoms with van der Waals surface area (Å²) in [4.78, 5) is 6.36. The lowest BCUT2D eigenvalue weighted by molar-refractivity contribution is -0.0304. The van der Waals surface area contributed by atoms with E-state index >= 15 is 0 Å². The molecule has 0 aromatic carbocycles. The summed E-state index contributed by atoms with van der Waals surface area (Å²) < 4.78 is 5.05. The van der Waals surface area contributed by atoms with E-state index < -0.39 is 5.60 Å². The van der Waals surface area contributed by atoms with Crippen LogP contribution in [0.4, 0.5) is 5.82 Å². The summed E-state index contributed by atoms with van der Waals surface area (Å²) in [5.41, 5.74) is -0.554. The van der Waals surface area contributed by atoms with E-state index in [1.165, 1.54) is 0 Å². The molecule has 0 bridgehead atoms. The first-order valence-corrected chi connectivity index (χ1v) is 5.52. The Balaban J connectivity index is 2.01. The third-order valence-electron chi connectivity index (χ3n) is 3.28. The highest BCUT2D eigenvalue weighted by Gasteiger charge is 2.44. The van der Waals surface area contributed by atoms with Crippen molar-refractivity contribution in [3.05, 3.63) is 18.3 Å². The molecule has 0 amide bonds. The van der Waals surface area contributed by atoms with E-state index in [9.17, 15) is 5.11 Å². The summed E-state index contributed by atoms with van der Waals surface area (Å²) in [6, 6.07) is 3.80. The zero-order valence-corrected chi connectivity index (χ0v) is 9.97. The van der Waals surface area contributed by atoms with Gasteiger partial charge in [0, 0.05) is 0 Å². The minimum Gasteiger partial charge on any atom is -0.495 e. The summed E-state index contributed by atoms with van der Waals surface area (Å²) in [7, 11) is 1.62. The van der Waals surface area contributed by atoms with Gasteiger partial charge in [0.1, 0.15) is 17.2 Å². The van der Waals surface area contributed by atoms with Gasteiger partial charge in [0.15, 0.2) is 0 Å². The topological polar surface area (TPSA) is 45.6 Å². The fraction of sp³-hybridized carbons (Fsp3) is 0.583. The van der Waals surface area contributed by atoms with Gasteiger partial charge in [0.2, 0.25) is 0 Å². The summed E-state index contributed by atoms with van der Waals surface area (Å²) in [5.74, 6) is 1.93. The fourth-order valence-electron chi connectivity index (χ4n) is 1.82. The van der Waals surface area contributed by atoms with Crippen LogP contribution >= 0.6 is 0 Å². The molecule has 4 nitrogen and oxygen atoms in total. The van der Waals surface area contributed by atoms with Crippen LogP contribution in [-0.2, 0) is 0 Å². The lowest BCUT2D eigenvalue weighted by Gasteiger charge is -2.49. The molecule has 0 radical (unpaired) electrons. The van der Waals surface area contributed by atoms with Crippen LogP contribution < -0.4 is 9.64 Å². The molecule has 4 heteroatoms. The Morgan fingerprint density at radius 3 is 2.56 bits per heavy atom. The Morgan fingerprint density at radius 2 is 2.12 bits per heavy atom. The number of ether oxygens (including phenoxy) is 1. The molecule has 0 aliphatic carbocycles. The number of β-amino-alcohol motifs (C(OH)–C–C–N with tert-alkyl or cyclic N) is 1. The quantitative estimate of drug-likeness (QED) is 0.837. The smallest absolute Gasteiger partial charge is 0.137 e. The molecule has 1 saturated heterocycles. The molecule has 1 aliphatic rings. The van der Waals surface area contributed by atoms with Gasteiger partial charge in [-0.3, -0.25) is 0 Å². The van der Waals surface area contributed by atoms with Crippen molar-refractivity contribution in [2.75, 3.05) is 25.1 Å². The van der Waals surface area contributed by atoms with Crippen LogP contribution in [-0.4, -0.2) is 35.9 Å². The van der Waals surface area contributed by atoms with Gasteiger partial charge in [-0.15, -0.1) is 0 Å². The number of methoxy groups -OCH3 is 1. The zero-order valence-electron chi connectivity index (χ0n) is 9.97. The summed E-state index contributed by atoms with van der Waals surface area (Å²) >= 11 is 0. The lowest BCUT2D eigenvalue weighted by atomic mass is 9.83. The first-order valence-electron chi connectivity index (χ1n) is 5.52. The highest BCUT2D eigenvalue weighted by Crippen LogP contribution is 2.32. The number of hydrogen-bond donors (Lipinski definition) is 1. The number of nitrogens with zero attached hydrogens (tertiary/aromatic N) is 2. The Bertz CT molecular complexity index is 356. The van der Waals surface area contributed by atoms with Crippen molar-refractivity contribution in [1.82, 2.24) is 4.98 Å². The number of aliphatic hydroxyl groups is 1. The highest BCUT2D eigenvalue weighted by molar-refractivity contribution is 5.45. The van der Waals surface area contributed by atoms with Crippen molar-refractivity contribution in [2.45, 2.75) is 19.4 Å². The molecule has 1 aliphatic heterocycles. The maximum atomic E-state index is 10.1. The molecule has 0 atom stereocenters. The van der Waals surface area contributed by atoms with Crippen LogP contribution in [0.1, 0.15) is 13.8 Å². The summed E-state index contributed by atoms with van der Waals surface area (Å²) in [6.45, 7) is 5.39. The van der Waals surface area contributed by atoms with Crippen LogP contribution in [0, 0.1) is 5.92 Å². The van der Waals surface area contributed by atoms with E-state index in [1.807, 2.05) is 26.0 Å². The standard InChI is InChI=1S/C12H18N2O2/c1-9(2)12(15)7-14(8-12)11-5-4-10(16-3)6-13-11/h4-6,9,15H,7-8H2,1-3H3. The molecule has 1 aromatic heterocycles. The van der Waals surface area contributed by atoms with E-state index in [0.717, 1.165) is 11.6 Å². The van der Waals surface area contributed by atoms with Crippen LogP contribution in [0.5, 0.6) is 5.75 Å². The van der Waals surface area contributed by atoms with Gasteiger partial charge in [-0.2, -0.15) is 0 Å². The van der Waals surface area contributed by atoms with Crippen molar-refractivity contribution in [2.24, 2.45) is 5.92 Å². The SMILES string of the molecule is COc1ccc(N2CC(O)(C(C)C)C2)nc1. The minimum atomic E-state index is -0.554. The molecular weight excluding hydrogens is 204 g/mol. The Labute approximate surface area is 95.9 Å². The number of anilines is 1. The van der Waals surface area contributed by atoms with E-state index in [4.69, 9.17) is 4.74 Å². The molecular formula is C12H18N2O2. The van der Waals surface area contributed by atoms with Crippen LogP contribution in [0.25, 0.3) is 0 Å². The maximum Gasteiger partial charge on any atom is 0.137 e. The molecule has 88 valence electrons. The second-order valence-corrected chi connectivity index (χ2v) is 4.67. The molecule has 2 rings (SSSR count). The molecule has 1 N–H and O–H groups in total. The predicted molar refractivity (Wildman–Crippen MR) is 62.8 cm³/mol. The van der Waals surface area contributed by atoms with Gasteiger partial charge >= 0.3 is 0 Å². The Kier molecular flexibility index (Phi) is 2.76. The van der Waals surface area contributed by atoms with E-state index in [0.29, 0.717) is 13.1 Å². The first-order chi connectivity index (χ1) is 7.55. The number of rotatable bonds is 3. The maximum absolute atomic E-state index is 10.1. The highest BCUT2D eigenvalue weighted by atomic mass is 16.5. The van der Waals surface area contributed by atoms with E-state index in [-0.39, 0.29) is 5.92 Å². The predicted octanol–water partition coefficient (Wildman–Crippen LogP) is 1.30. The van der Waals surface area contributed by atoms with Crippen molar-refractivity contribution in [3.63, 3.8) is 0 Å². The second-order valence-electron chi connectivity index (χ2n) is 4.67. The molecule has 1 fully saturated rings. The Hall–Kier alpha value is -1.29. The minimum absolute atomic E-state index is 0.280. The van der Waals surface area contributed by atoms with Gasteiger partial charge in [0.25, 0.3) is 0 Å². The van der Waals surface area contributed by atoms with Crippen molar-refractivity contribution >= 4 is 5.82 Å². The number of aromatic nitrogens is 1. The summed E-state index contributed by atoms with van der Waals surface area (Å²) in [5, 5.41) is 10.1. The average molecular weight is 222 g/mol. The van der Waals surface area contributed by atoms with Gasteiger partial charge in [0.05, 0.1) is 26.4 Å². The van der Waals surface area contributed by atoms with E-state index in [2.05, 4.69) is 9.88 Å². The largest absolute Gasteiger partial charge is 0.495 e. The summed E-state index contributed by atoms with van der Waals surface area (Å²) in [6.07, 6.45) is 1.70. The van der Waals surface area contributed by atoms with Crippen LogP contribution in [0.3, 0.4) is 0 Å². The monoisotopic (exact) mass is 222 g/mol. The van der Waals surface area contributed by atoms with Crippen molar-refractivity contribution in [1.29, 1.82) is 0 Å².